The van der Waals surface area contributed by atoms with E-state index in [2.05, 4.69) is 25.3 Å². The maximum Gasteiger partial charge on any atom is 0.225 e. The van der Waals surface area contributed by atoms with Crippen LogP contribution in [0.4, 0.5) is 5.82 Å². The minimum atomic E-state index is -0.00849. The molecule has 0 aliphatic carbocycles. The molecule has 7 nitrogen and oxygen atoms in total. The second-order valence-electron chi connectivity index (χ2n) is 5.99. The molecule has 0 bridgehead atoms. The number of hydrogen-bond donors (Lipinski definition) is 1. The molecule has 3 rings (SSSR count). The van der Waals surface area contributed by atoms with E-state index in [-0.39, 0.29) is 17.9 Å². The second-order valence-corrected chi connectivity index (χ2v) is 5.99. The molecule has 1 N–H and O–H groups in total. The average Bonchev–Trinajstić information content (AvgIpc) is 3.08. The van der Waals surface area contributed by atoms with E-state index in [1.165, 1.54) is 0 Å². The van der Waals surface area contributed by atoms with Crippen LogP contribution in [0.2, 0.25) is 0 Å². The minimum Gasteiger partial charge on any atom is -0.355 e. The largest absolute Gasteiger partial charge is 0.355 e. The Bertz CT molecular complexity index is 615. The van der Waals surface area contributed by atoms with Gasteiger partial charge in [-0.25, -0.2) is 4.98 Å². The molecule has 7 heteroatoms. The van der Waals surface area contributed by atoms with Crippen molar-refractivity contribution in [3.63, 3.8) is 0 Å². The number of rotatable bonds is 5. The highest BCUT2D eigenvalue weighted by atomic mass is 16.2. The normalized spacial score (nSPS) is 19.3. The van der Waals surface area contributed by atoms with Crippen molar-refractivity contribution in [2.75, 3.05) is 18.0 Å². The fourth-order valence-electron chi connectivity index (χ4n) is 2.95. The van der Waals surface area contributed by atoms with Crippen LogP contribution >= 0.6 is 0 Å². The van der Waals surface area contributed by atoms with E-state index in [1.807, 2.05) is 23.9 Å². The van der Waals surface area contributed by atoms with E-state index in [0.29, 0.717) is 13.1 Å². The molecular formula is C16H22N6O. The Labute approximate surface area is 135 Å². The van der Waals surface area contributed by atoms with Crippen LogP contribution in [0, 0.1) is 5.92 Å². The van der Waals surface area contributed by atoms with E-state index in [1.54, 1.807) is 24.8 Å². The molecule has 2 aromatic rings. The number of anilines is 1. The molecule has 1 aliphatic rings. The zero-order valence-corrected chi connectivity index (χ0v) is 13.3. The van der Waals surface area contributed by atoms with E-state index in [4.69, 9.17) is 0 Å². The summed E-state index contributed by atoms with van der Waals surface area (Å²) in [6.45, 7) is 4.30. The third kappa shape index (κ3) is 4.06. The van der Waals surface area contributed by atoms with Gasteiger partial charge in [-0.2, -0.15) is 5.10 Å². The van der Waals surface area contributed by atoms with Crippen molar-refractivity contribution < 1.29 is 4.79 Å². The summed E-state index contributed by atoms with van der Waals surface area (Å²) < 4.78 is 1.83. The lowest BCUT2D eigenvalue weighted by molar-refractivity contribution is -0.125. The fourth-order valence-corrected chi connectivity index (χ4v) is 2.95. The first-order valence-corrected chi connectivity index (χ1v) is 8.01. The first kappa shape index (κ1) is 15.5. The summed E-state index contributed by atoms with van der Waals surface area (Å²) in [5.74, 6) is 0.943. The predicted molar refractivity (Wildman–Crippen MR) is 86.8 cm³/mol. The van der Waals surface area contributed by atoms with E-state index in [0.717, 1.165) is 25.2 Å². The number of carbonyl (C=O) groups is 1. The first-order chi connectivity index (χ1) is 11.2. The van der Waals surface area contributed by atoms with Gasteiger partial charge in [-0.05, 0) is 25.8 Å². The number of carbonyl (C=O) groups excluding carboxylic acids is 1. The van der Waals surface area contributed by atoms with Gasteiger partial charge in [-0.1, -0.05) is 0 Å². The van der Waals surface area contributed by atoms with Crippen LogP contribution < -0.4 is 10.2 Å². The molecule has 23 heavy (non-hydrogen) atoms. The van der Waals surface area contributed by atoms with Gasteiger partial charge in [0.2, 0.25) is 5.91 Å². The number of piperidine rings is 1. The van der Waals surface area contributed by atoms with Crippen LogP contribution in [-0.4, -0.2) is 44.8 Å². The van der Waals surface area contributed by atoms with Gasteiger partial charge in [0.25, 0.3) is 0 Å². The van der Waals surface area contributed by atoms with Gasteiger partial charge in [0.15, 0.2) is 0 Å². The highest BCUT2D eigenvalue weighted by Gasteiger charge is 2.27. The maximum absolute atomic E-state index is 12.5. The standard InChI is InChI=1S/C16H22N6O/c1-13(11-22-9-3-5-19-22)20-16(23)14-4-2-8-21(12-14)15-10-17-6-7-18-15/h3,5-7,9-10,13-14H,2,4,8,11-12H2,1H3,(H,20,23)/t13-,14+/m0/s1. The number of aromatic nitrogens is 4. The second kappa shape index (κ2) is 7.21. The summed E-state index contributed by atoms with van der Waals surface area (Å²) in [6.07, 6.45) is 10.6. The van der Waals surface area contributed by atoms with Crippen molar-refractivity contribution >= 4 is 11.7 Å². The molecule has 1 amide bonds. The molecule has 122 valence electrons. The third-order valence-electron chi connectivity index (χ3n) is 4.07. The van der Waals surface area contributed by atoms with Crippen LogP contribution in [0.1, 0.15) is 19.8 Å². The van der Waals surface area contributed by atoms with E-state index >= 15 is 0 Å². The zero-order chi connectivity index (χ0) is 16.1. The van der Waals surface area contributed by atoms with Crippen molar-refractivity contribution in [2.45, 2.75) is 32.4 Å². The van der Waals surface area contributed by atoms with Crippen molar-refractivity contribution in [2.24, 2.45) is 5.92 Å². The Morgan fingerprint density at radius 3 is 3.09 bits per heavy atom. The molecule has 0 saturated carbocycles. The topological polar surface area (TPSA) is 75.9 Å². The molecule has 1 saturated heterocycles. The van der Waals surface area contributed by atoms with Crippen LogP contribution in [0.25, 0.3) is 0 Å². The number of amides is 1. The molecule has 0 aromatic carbocycles. The van der Waals surface area contributed by atoms with Crippen molar-refractivity contribution in [1.82, 2.24) is 25.1 Å². The van der Waals surface area contributed by atoms with Gasteiger partial charge >= 0.3 is 0 Å². The van der Waals surface area contributed by atoms with Gasteiger partial charge in [0, 0.05) is 43.9 Å². The Hall–Kier alpha value is -2.44. The molecular weight excluding hydrogens is 292 g/mol. The van der Waals surface area contributed by atoms with Crippen LogP contribution in [-0.2, 0) is 11.3 Å². The lowest BCUT2D eigenvalue weighted by atomic mass is 9.97. The smallest absolute Gasteiger partial charge is 0.225 e. The monoisotopic (exact) mass is 314 g/mol. The van der Waals surface area contributed by atoms with Crippen LogP contribution in [0.15, 0.2) is 37.1 Å². The predicted octanol–water partition coefficient (Wildman–Crippen LogP) is 1.09. The lowest BCUT2D eigenvalue weighted by Gasteiger charge is -2.33. The van der Waals surface area contributed by atoms with Crippen molar-refractivity contribution in [3.05, 3.63) is 37.1 Å². The quantitative estimate of drug-likeness (QED) is 0.894. The molecule has 2 atom stereocenters. The van der Waals surface area contributed by atoms with E-state index < -0.39 is 0 Å². The first-order valence-electron chi connectivity index (χ1n) is 8.01. The SMILES string of the molecule is C[C@@H](Cn1cccn1)NC(=O)[C@@H]1CCCN(c2cnccn2)C1. The highest BCUT2D eigenvalue weighted by Crippen LogP contribution is 2.21. The van der Waals surface area contributed by atoms with Gasteiger partial charge in [-0.15, -0.1) is 0 Å². The minimum absolute atomic E-state index is 0.00849. The Morgan fingerprint density at radius 2 is 2.35 bits per heavy atom. The Balaban J connectivity index is 1.54. The van der Waals surface area contributed by atoms with Gasteiger partial charge in [0.1, 0.15) is 5.82 Å². The molecule has 3 heterocycles. The summed E-state index contributed by atoms with van der Waals surface area (Å²) in [4.78, 5) is 23.1. The number of hydrogen-bond acceptors (Lipinski definition) is 5. The summed E-state index contributed by atoms with van der Waals surface area (Å²) in [5.41, 5.74) is 0. The Morgan fingerprint density at radius 1 is 1.43 bits per heavy atom. The molecule has 0 radical (unpaired) electrons. The molecule has 2 aromatic heterocycles. The molecule has 1 aliphatic heterocycles. The van der Waals surface area contributed by atoms with E-state index in [9.17, 15) is 4.79 Å². The van der Waals surface area contributed by atoms with Crippen LogP contribution in [0.5, 0.6) is 0 Å². The maximum atomic E-state index is 12.5. The number of nitrogens with one attached hydrogen (secondary N) is 1. The summed E-state index contributed by atoms with van der Waals surface area (Å²) in [7, 11) is 0. The summed E-state index contributed by atoms with van der Waals surface area (Å²) in [6, 6.07) is 1.93. The van der Waals surface area contributed by atoms with Gasteiger partial charge in [0.05, 0.1) is 18.7 Å². The van der Waals surface area contributed by atoms with Gasteiger partial charge in [-0.3, -0.25) is 14.5 Å². The lowest BCUT2D eigenvalue weighted by Crippen LogP contribution is -2.46. The Kier molecular flexibility index (Phi) is 4.85. The van der Waals surface area contributed by atoms with Crippen LogP contribution in [0.3, 0.4) is 0 Å². The van der Waals surface area contributed by atoms with Gasteiger partial charge < -0.3 is 10.2 Å². The highest BCUT2D eigenvalue weighted by molar-refractivity contribution is 5.79. The summed E-state index contributed by atoms with van der Waals surface area (Å²) in [5, 5.41) is 7.27. The number of nitrogens with zero attached hydrogens (tertiary/aromatic N) is 5. The van der Waals surface area contributed by atoms with Crippen molar-refractivity contribution in [1.29, 1.82) is 0 Å². The average molecular weight is 314 g/mol. The van der Waals surface area contributed by atoms with Crippen molar-refractivity contribution in [3.8, 4) is 0 Å². The summed E-state index contributed by atoms with van der Waals surface area (Å²) >= 11 is 0. The molecule has 0 unspecified atom stereocenters. The molecule has 1 fully saturated rings. The zero-order valence-electron chi connectivity index (χ0n) is 13.3. The molecule has 0 spiro atoms. The fraction of sp³-hybridized carbons (Fsp3) is 0.500. The third-order valence-corrected chi connectivity index (χ3v) is 4.07.